The number of rotatable bonds is 6. The zero-order valence-corrected chi connectivity index (χ0v) is 16.5. The molecule has 1 atom stereocenters. The standard InChI is InChI=1S/C22H22FN3O3/c1-4-29-22(28)20(24-21(27)17-12-8-9-13-18(17)23)19-14(2)25-26(15(19)3)16-10-6-5-7-11-16/h5-13,20H,4H2,1-3H3,(H,24,27)/t20-/m1/s1. The van der Waals surface area contributed by atoms with E-state index in [-0.39, 0.29) is 12.2 Å². The van der Waals surface area contributed by atoms with E-state index in [4.69, 9.17) is 4.74 Å². The van der Waals surface area contributed by atoms with Gasteiger partial charge in [-0.15, -0.1) is 0 Å². The summed E-state index contributed by atoms with van der Waals surface area (Å²) in [6.07, 6.45) is 0. The molecule has 29 heavy (non-hydrogen) atoms. The van der Waals surface area contributed by atoms with Crippen LogP contribution in [0.4, 0.5) is 4.39 Å². The number of nitrogens with one attached hydrogen (secondary N) is 1. The van der Waals surface area contributed by atoms with Crippen LogP contribution in [0, 0.1) is 19.7 Å². The van der Waals surface area contributed by atoms with Gasteiger partial charge in [-0.05, 0) is 45.0 Å². The molecule has 0 spiro atoms. The van der Waals surface area contributed by atoms with Gasteiger partial charge in [0, 0.05) is 11.3 Å². The number of nitrogens with zero attached hydrogens (tertiary/aromatic N) is 2. The molecule has 2 aromatic carbocycles. The molecule has 0 fully saturated rings. The second-order valence-electron chi connectivity index (χ2n) is 6.47. The topological polar surface area (TPSA) is 73.2 Å². The Bertz CT molecular complexity index is 1030. The van der Waals surface area contributed by atoms with Crippen molar-refractivity contribution in [1.82, 2.24) is 15.1 Å². The van der Waals surface area contributed by atoms with E-state index in [1.807, 2.05) is 37.3 Å². The number of hydrogen-bond donors (Lipinski definition) is 1. The molecule has 3 rings (SSSR count). The van der Waals surface area contributed by atoms with Gasteiger partial charge in [-0.2, -0.15) is 5.10 Å². The highest BCUT2D eigenvalue weighted by atomic mass is 19.1. The zero-order chi connectivity index (χ0) is 21.0. The summed E-state index contributed by atoms with van der Waals surface area (Å²) in [5, 5.41) is 7.14. The molecule has 1 heterocycles. The van der Waals surface area contributed by atoms with E-state index >= 15 is 0 Å². The molecule has 3 aromatic rings. The Morgan fingerprint density at radius 1 is 1.10 bits per heavy atom. The van der Waals surface area contributed by atoms with Crippen molar-refractivity contribution < 1.29 is 18.7 Å². The van der Waals surface area contributed by atoms with E-state index in [0.29, 0.717) is 17.0 Å². The van der Waals surface area contributed by atoms with Gasteiger partial charge < -0.3 is 10.1 Å². The molecule has 0 saturated carbocycles. The molecule has 7 heteroatoms. The highest BCUT2D eigenvalue weighted by molar-refractivity contribution is 5.97. The lowest BCUT2D eigenvalue weighted by Crippen LogP contribution is -2.36. The second kappa shape index (κ2) is 8.68. The number of aryl methyl sites for hydroxylation is 1. The van der Waals surface area contributed by atoms with Crippen molar-refractivity contribution in [2.45, 2.75) is 26.8 Å². The molecule has 1 amide bonds. The molecule has 150 valence electrons. The number of hydrogen-bond acceptors (Lipinski definition) is 4. The van der Waals surface area contributed by atoms with Crippen LogP contribution >= 0.6 is 0 Å². The fourth-order valence-corrected chi connectivity index (χ4v) is 3.22. The average molecular weight is 395 g/mol. The predicted molar refractivity (Wildman–Crippen MR) is 106 cm³/mol. The maximum absolute atomic E-state index is 14.0. The van der Waals surface area contributed by atoms with Gasteiger partial charge in [-0.25, -0.2) is 13.9 Å². The molecule has 0 aliphatic carbocycles. The van der Waals surface area contributed by atoms with Crippen LogP contribution in [-0.4, -0.2) is 28.3 Å². The monoisotopic (exact) mass is 395 g/mol. The summed E-state index contributed by atoms with van der Waals surface area (Å²) in [4.78, 5) is 25.3. The number of benzene rings is 2. The summed E-state index contributed by atoms with van der Waals surface area (Å²) in [5.74, 6) is -2.00. The molecule has 0 bridgehead atoms. The normalized spacial score (nSPS) is 11.7. The molecule has 6 nitrogen and oxygen atoms in total. The van der Waals surface area contributed by atoms with E-state index in [0.717, 1.165) is 5.69 Å². The number of aromatic nitrogens is 2. The minimum Gasteiger partial charge on any atom is -0.464 e. The number of esters is 1. The van der Waals surface area contributed by atoms with Crippen LogP contribution in [0.15, 0.2) is 54.6 Å². The number of amides is 1. The van der Waals surface area contributed by atoms with E-state index in [1.165, 1.54) is 18.2 Å². The SMILES string of the molecule is CCOC(=O)[C@H](NC(=O)c1ccccc1F)c1c(C)nn(-c2ccccc2)c1C. The highest BCUT2D eigenvalue weighted by Crippen LogP contribution is 2.26. The van der Waals surface area contributed by atoms with Crippen LogP contribution in [0.25, 0.3) is 5.69 Å². The molecule has 0 aliphatic rings. The summed E-state index contributed by atoms with van der Waals surface area (Å²) < 4.78 is 20.9. The first-order chi connectivity index (χ1) is 13.9. The van der Waals surface area contributed by atoms with Crippen molar-refractivity contribution >= 4 is 11.9 Å². The second-order valence-corrected chi connectivity index (χ2v) is 6.47. The Hall–Kier alpha value is -3.48. The fourth-order valence-electron chi connectivity index (χ4n) is 3.22. The maximum Gasteiger partial charge on any atom is 0.333 e. The molecule has 0 unspecified atom stereocenters. The van der Waals surface area contributed by atoms with Crippen molar-refractivity contribution in [3.8, 4) is 5.69 Å². The summed E-state index contributed by atoms with van der Waals surface area (Å²) in [7, 11) is 0. The van der Waals surface area contributed by atoms with E-state index < -0.39 is 23.7 Å². The number of carbonyl (C=O) groups is 2. The first kappa shape index (κ1) is 20.3. The van der Waals surface area contributed by atoms with Crippen LogP contribution in [0.1, 0.15) is 40.3 Å². The third-order valence-electron chi connectivity index (χ3n) is 4.55. The van der Waals surface area contributed by atoms with Gasteiger partial charge in [0.2, 0.25) is 0 Å². The summed E-state index contributed by atoms with van der Waals surface area (Å²) in [6.45, 7) is 5.39. The summed E-state index contributed by atoms with van der Waals surface area (Å²) in [6, 6.07) is 13.9. The van der Waals surface area contributed by atoms with Crippen molar-refractivity contribution in [2.75, 3.05) is 6.61 Å². The minimum atomic E-state index is -1.11. The maximum atomic E-state index is 14.0. The fraction of sp³-hybridized carbons (Fsp3) is 0.227. The van der Waals surface area contributed by atoms with E-state index in [9.17, 15) is 14.0 Å². The van der Waals surface area contributed by atoms with Crippen molar-refractivity contribution in [3.63, 3.8) is 0 Å². The Morgan fingerprint density at radius 2 is 1.76 bits per heavy atom. The third kappa shape index (κ3) is 4.18. The van der Waals surface area contributed by atoms with Crippen molar-refractivity contribution in [3.05, 3.63) is 82.9 Å². The number of carbonyl (C=O) groups excluding carboxylic acids is 2. The lowest BCUT2D eigenvalue weighted by molar-refractivity contribution is -0.145. The molecular formula is C22H22FN3O3. The molecule has 0 saturated heterocycles. The van der Waals surface area contributed by atoms with Gasteiger partial charge in [0.1, 0.15) is 5.82 Å². The van der Waals surface area contributed by atoms with Crippen molar-refractivity contribution in [1.29, 1.82) is 0 Å². The molecular weight excluding hydrogens is 373 g/mol. The van der Waals surface area contributed by atoms with Crippen LogP contribution in [-0.2, 0) is 9.53 Å². The first-order valence-corrected chi connectivity index (χ1v) is 9.27. The van der Waals surface area contributed by atoms with Gasteiger partial charge in [0.05, 0.1) is 23.6 Å². The molecule has 0 radical (unpaired) electrons. The van der Waals surface area contributed by atoms with Crippen LogP contribution in [0.5, 0.6) is 0 Å². The highest BCUT2D eigenvalue weighted by Gasteiger charge is 2.31. The van der Waals surface area contributed by atoms with E-state index in [2.05, 4.69) is 10.4 Å². The van der Waals surface area contributed by atoms with Gasteiger partial charge in [0.25, 0.3) is 5.91 Å². The number of para-hydroxylation sites is 1. The number of ether oxygens (including phenoxy) is 1. The van der Waals surface area contributed by atoms with Gasteiger partial charge in [-0.1, -0.05) is 30.3 Å². The largest absolute Gasteiger partial charge is 0.464 e. The Labute approximate surface area is 168 Å². The minimum absolute atomic E-state index is 0.146. The smallest absolute Gasteiger partial charge is 0.333 e. The lowest BCUT2D eigenvalue weighted by Gasteiger charge is -2.18. The van der Waals surface area contributed by atoms with Crippen LogP contribution < -0.4 is 5.32 Å². The Balaban J connectivity index is 2.02. The first-order valence-electron chi connectivity index (χ1n) is 9.27. The van der Waals surface area contributed by atoms with Gasteiger partial charge in [-0.3, -0.25) is 4.79 Å². The van der Waals surface area contributed by atoms with Crippen molar-refractivity contribution in [2.24, 2.45) is 0 Å². The molecule has 0 aliphatic heterocycles. The number of halogens is 1. The average Bonchev–Trinajstić information content (AvgIpc) is 3.01. The summed E-state index contributed by atoms with van der Waals surface area (Å²) >= 11 is 0. The Morgan fingerprint density at radius 3 is 2.41 bits per heavy atom. The quantitative estimate of drug-likeness (QED) is 0.647. The van der Waals surface area contributed by atoms with Crippen LogP contribution in [0.3, 0.4) is 0 Å². The van der Waals surface area contributed by atoms with Gasteiger partial charge in [0.15, 0.2) is 6.04 Å². The van der Waals surface area contributed by atoms with Crippen LogP contribution in [0.2, 0.25) is 0 Å². The lowest BCUT2D eigenvalue weighted by atomic mass is 10.0. The third-order valence-corrected chi connectivity index (χ3v) is 4.55. The Kier molecular flexibility index (Phi) is 6.07. The zero-order valence-electron chi connectivity index (χ0n) is 16.5. The predicted octanol–water partition coefficient (Wildman–Crippen LogP) is 3.66. The molecule has 1 aromatic heterocycles. The van der Waals surface area contributed by atoms with E-state index in [1.54, 1.807) is 24.6 Å². The van der Waals surface area contributed by atoms with Gasteiger partial charge >= 0.3 is 5.97 Å². The summed E-state index contributed by atoms with van der Waals surface area (Å²) in [5.41, 5.74) is 2.45. The molecule has 1 N–H and O–H groups in total.